The van der Waals surface area contributed by atoms with Crippen LogP contribution in [0.2, 0.25) is 5.02 Å². The minimum atomic E-state index is 0.407. The van der Waals surface area contributed by atoms with Gasteiger partial charge in [0.1, 0.15) is 0 Å². The lowest BCUT2D eigenvalue weighted by molar-refractivity contribution is 1.12. The van der Waals surface area contributed by atoms with E-state index in [9.17, 15) is 0 Å². The lowest BCUT2D eigenvalue weighted by Crippen LogP contribution is -1.80. The zero-order chi connectivity index (χ0) is 7.56. The van der Waals surface area contributed by atoms with Crippen LogP contribution in [-0.4, -0.2) is 0 Å². The average Bonchev–Trinajstić information content (AvgIpc) is 1.88. The van der Waals surface area contributed by atoms with Gasteiger partial charge in [0, 0.05) is 9.85 Å². The molecule has 0 nitrogen and oxygen atoms in total. The highest BCUT2D eigenvalue weighted by molar-refractivity contribution is 9.09. The van der Waals surface area contributed by atoms with Gasteiger partial charge in [-0.05, 0) is 24.6 Å². The molecule has 0 saturated heterocycles. The summed E-state index contributed by atoms with van der Waals surface area (Å²) in [5.41, 5.74) is 1.25. The molecule has 1 aromatic rings. The van der Waals surface area contributed by atoms with Crippen LogP contribution < -0.4 is 0 Å². The van der Waals surface area contributed by atoms with Gasteiger partial charge in [0.05, 0.1) is 0 Å². The monoisotopic (exact) mass is 218 g/mol. The van der Waals surface area contributed by atoms with E-state index in [1.807, 2.05) is 24.3 Å². The highest BCUT2D eigenvalue weighted by atomic mass is 79.9. The van der Waals surface area contributed by atoms with E-state index in [1.165, 1.54) is 5.56 Å². The summed E-state index contributed by atoms with van der Waals surface area (Å²) in [5, 5.41) is 0.789. The lowest BCUT2D eigenvalue weighted by Gasteiger charge is -2.01. The molecule has 0 aliphatic heterocycles. The summed E-state index contributed by atoms with van der Waals surface area (Å²) in [4.78, 5) is 0.407. The predicted molar refractivity (Wildman–Crippen MR) is 48.8 cm³/mol. The van der Waals surface area contributed by atoms with Crippen LogP contribution in [0.4, 0.5) is 0 Å². The second-order valence-electron chi connectivity index (χ2n) is 2.17. The van der Waals surface area contributed by atoms with Crippen LogP contribution in [0, 0.1) is 0 Å². The average molecular weight is 220 g/mol. The SMILES string of the molecule is C[C@H](Br)c1ccc(Cl)cc1. The maximum atomic E-state index is 5.70. The smallest absolute Gasteiger partial charge is 0.0406 e. The molecule has 0 amide bonds. The summed E-state index contributed by atoms with van der Waals surface area (Å²) >= 11 is 9.16. The Morgan fingerprint density at radius 3 is 2.20 bits per heavy atom. The quantitative estimate of drug-likeness (QED) is 0.630. The fraction of sp³-hybridized carbons (Fsp3) is 0.250. The molecule has 0 fully saturated rings. The van der Waals surface area contributed by atoms with E-state index in [1.54, 1.807) is 0 Å². The van der Waals surface area contributed by atoms with Crippen LogP contribution in [0.15, 0.2) is 24.3 Å². The molecule has 0 bridgehead atoms. The molecule has 1 aromatic carbocycles. The van der Waals surface area contributed by atoms with E-state index < -0.39 is 0 Å². The molecule has 1 rings (SSSR count). The van der Waals surface area contributed by atoms with Gasteiger partial charge in [0.15, 0.2) is 0 Å². The van der Waals surface area contributed by atoms with Gasteiger partial charge in [-0.15, -0.1) is 0 Å². The molecule has 0 heterocycles. The Morgan fingerprint density at radius 2 is 1.80 bits per heavy atom. The Balaban J connectivity index is 2.89. The minimum Gasteiger partial charge on any atom is -0.0843 e. The summed E-state index contributed by atoms with van der Waals surface area (Å²) in [7, 11) is 0. The molecule has 0 spiro atoms. The van der Waals surface area contributed by atoms with Crippen molar-refractivity contribution in [3.63, 3.8) is 0 Å². The van der Waals surface area contributed by atoms with Crippen molar-refractivity contribution < 1.29 is 0 Å². The molecule has 2 heteroatoms. The summed E-state index contributed by atoms with van der Waals surface area (Å²) in [6, 6.07) is 7.83. The van der Waals surface area contributed by atoms with Gasteiger partial charge >= 0.3 is 0 Å². The standard InChI is InChI=1S/C8H8BrCl/c1-6(9)7-2-4-8(10)5-3-7/h2-6H,1H3/t6-/m0/s1. The number of alkyl halides is 1. The number of hydrogen-bond donors (Lipinski definition) is 0. The van der Waals surface area contributed by atoms with Crippen LogP contribution in [0.3, 0.4) is 0 Å². The van der Waals surface area contributed by atoms with Crippen LogP contribution in [0.5, 0.6) is 0 Å². The van der Waals surface area contributed by atoms with Crippen molar-refractivity contribution in [2.45, 2.75) is 11.8 Å². The van der Waals surface area contributed by atoms with Gasteiger partial charge in [0.25, 0.3) is 0 Å². The van der Waals surface area contributed by atoms with Gasteiger partial charge in [-0.1, -0.05) is 39.7 Å². The molecule has 0 aliphatic carbocycles. The van der Waals surface area contributed by atoms with Crippen molar-refractivity contribution in [2.75, 3.05) is 0 Å². The molecule has 0 unspecified atom stereocenters. The van der Waals surface area contributed by atoms with Crippen molar-refractivity contribution >= 4 is 27.5 Å². The molecule has 0 radical (unpaired) electrons. The molecule has 0 aromatic heterocycles. The molecule has 1 atom stereocenters. The second-order valence-corrected chi connectivity index (χ2v) is 3.98. The fourth-order valence-corrected chi connectivity index (χ4v) is 1.16. The van der Waals surface area contributed by atoms with Gasteiger partial charge in [-0.25, -0.2) is 0 Å². The van der Waals surface area contributed by atoms with E-state index in [-0.39, 0.29) is 0 Å². The maximum absolute atomic E-state index is 5.70. The highest BCUT2D eigenvalue weighted by Crippen LogP contribution is 2.22. The van der Waals surface area contributed by atoms with Crippen molar-refractivity contribution in [3.8, 4) is 0 Å². The topological polar surface area (TPSA) is 0 Å². The van der Waals surface area contributed by atoms with Gasteiger partial charge < -0.3 is 0 Å². The predicted octanol–water partition coefficient (Wildman–Crippen LogP) is 3.80. The third kappa shape index (κ3) is 1.99. The van der Waals surface area contributed by atoms with Gasteiger partial charge in [-0.3, -0.25) is 0 Å². The minimum absolute atomic E-state index is 0.407. The largest absolute Gasteiger partial charge is 0.0843 e. The lowest BCUT2D eigenvalue weighted by atomic mass is 10.2. The van der Waals surface area contributed by atoms with E-state index in [2.05, 4.69) is 22.9 Å². The zero-order valence-electron chi connectivity index (χ0n) is 5.64. The highest BCUT2D eigenvalue weighted by Gasteiger charge is 1.97. The van der Waals surface area contributed by atoms with Gasteiger partial charge in [0.2, 0.25) is 0 Å². The molecular formula is C8H8BrCl. The summed E-state index contributed by atoms with van der Waals surface area (Å²) in [5.74, 6) is 0. The summed E-state index contributed by atoms with van der Waals surface area (Å²) in [6.07, 6.45) is 0. The van der Waals surface area contributed by atoms with E-state index in [0.29, 0.717) is 4.83 Å². The van der Waals surface area contributed by atoms with Crippen LogP contribution in [0.1, 0.15) is 17.3 Å². The maximum Gasteiger partial charge on any atom is 0.0406 e. The Morgan fingerprint density at radius 1 is 1.30 bits per heavy atom. The summed E-state index contributed by atoms with van der Waals surface area (Å²) in [6.45, 7) is 2.09. The Labute approximate surface area is 74.3 Å². The molecular weight excluding hydrogens is 211 g/mol. The Hall–Kier alpha value is -0.0100. The summed E-state index contributed by atoms with van der Waals surface area (Å²) < 4.78 is 0. The van der Waals surface area contributed by atoms with Crippen molar-refractivity contribution in [1.82, 2.24) is 0 Å². The van der Waals surface area contributed by atoms with Crippen LogP contribution in [-0.2, 0) is 0 Å². The van der Waals surface area contributed by atoms with Crippen LogP contribution >= 0.6 is 27.5 Å². The number of halogens is 2. The van der Waals surface area contributed by atoms with Gasteiger partial charge in [-0.2, -0.15) is 0 Å². The number of hydrogen-bond acceptors (Lipinski definition) is 0. The van der Waals surface area contributed by atoms with E-state index >= 15 is 0 Å². The number of rotatable bonds is 1. The first kappa shape index (κ1) is 8.09. The third-order valence-electron chi connectivity index (χ3n) is 1.33. The molecule has 0 N–H and O–H groups in total. The van der Waals surface area contributed by atoms with Crippen molar-refractivity contribution in [3.05, 3.63) is 34.9 Å². The Bertz CT molecular complexity index is 203. The number of benzene rings is 1. The van der Waals surface area contributed by atoms with Crippen molar-refractivity contribution in [1.29, 1.82) is 0 Å². The first-order valence-electron chi connectivity index (χ1n) is 3.09. The van der Waals surface area contributed by atoms with E-state index in [4.69, 9.17) is 11.6 Å². The Kier molecular flexibility index (Phi) is 2.75. The zero-order valence-corrected chi connectivity index (χ0v) is 7.98. The first-order chi connectivity index (χ1) is 4.70. The fourth-order valence-electron chi connectivity index (χ4n) is 0.728. The van der Waals surface area contributed by atoms with Crippen LogP contribution in [0.25, 0.3) is 0 Å². The van der Waals surface area contributed by atoms with E-state index in [0.717, 1.165) is 5.02 Å². The first-order valence-corrected chi connectivity index (χ1v) is 4.39. The molecule has 10 heavy (non-hydrogen) atoms. The third-order valence-corrected chi connectivity index (χ3v) is 2.11. The molecule has 0 saturated carbocycles. The molecule has 0 aliphatic rings. The van der Waals surface area contributed by atoms with Crippen molar-refractivity contribution in [2.24, 2.45) is 0 Å². The normalized spacial score (nSPS) is 13.1. The second kappa shape index (κ2) is 3.40. The molecule has 54 valence electrons.